The molecule has 0 fully saturated rings. The lowest BCUT2D eigenvalue weighted by molar-refractivity contribution is 0.354. The van der Waals surface area contributed by atoms with Gasteiger partial charge in [-0.3, -0.25) is 5.84 Å². The molecule has 0 aliphatic heterocycles. The van der Waals surface area contributed by atoms with E-state index in [9.17, 15) is 0 Å². The Morgan fingerprint density at radius 2 is 1.38 bits per heavy atom. The minimum atomic E-state index is 0.0687. The van der Waals surface area contributed by atoms with Crippen LogP contribution in [0.1, 0.15) is 35.1 Å². The summed E-state index contributed by atoms with van der Waals surface area (Å²) in [5.74, 6) is 5.93. The summed E-state index contributed by atoms with van der Waals surface area (Å²) in [5, 5.41) is 0. The molecule has 3 aromatic rings. The number of nitrogens with one attached hydrogen (secondary N) is 1. The predicted octanol–water partition coefficient (Wildman–Crippen LogP) is 5.03. The number of nitrogens with two attached hydrogens (primary N) is 1. The second-order valence-electron chi connectivity index (χ2n) is 7.44. The normalized spacial score (nSPS) is 15.3. The first kappa shape index (κ1) is 16.9. The van der Waals surface area contributed by atoms with Crippen LogP contribution in [-0.2, 0) is 24.7 Å². The van der Waals surface area contributed by atoms with Crippen LogP contribution in [0.3, 0.4) is 0 Å². The fraction of sp³-hybridized carbons (Fsp3) is 0.250. The van der Waals surface area contributed by atoms with Gasteiger partial charge >= 0.3 is 0 Å². The predicted molar refractivity (Wildman–Crippen MR) is 109 cm³/mol. The molecule has 132 valence electrons. The third kappa shape index (κ3) is 3.25. The van der Waals surface area contributed by atoms with Gasteiger partial charge in [0.05, 0.1) is 5.69 Å². The standard InChI is InChI=1S/C24H26N2/c25-26-22-15-7-13-21-14-8-16-24(23(21)22,17-19-9-3-1-4-10-19)18-20-11-5-2-6-12-20/h1-7,9-13,15,26H,8,14,16-18,25H2. The maximum Gasteiger partial charge on any atom is 0.0525 e. The number of hydrogen-bond donors (Lipinski definition) is 2. The highest BCUT2D eigenvalue weighted by molar-refractivity contribution is 5.59. The molecule has 0 heterocycles. The van der Waals surface area contributed by atoms with Crippen molar-refractivity contribution in [1.29, 1.82) is 0 Å². The quantitative estimate of drug-likeness (QED) is 0.504. The number of aryl methyl sites for hydroxylation is 1. The first-order valence-corrected chi connectivity index (χ1v) is 9.48. The summed E-state index contributed by atoms with van der Waals surface area (Å²) in [5.41, 5.74) is 9.77. The van der Waals surface area contributed by atoms with Crippen LogP contribution < -0.4 is 11.3 Å². The Morgan fingerprint density at radius 3 is 1.96 bits per heavy atom. The minimum Gasteiger partial charge on any atom is -0.324 e. The maximum atomic E-state index is 5.93. The number of rotatable bonds is 5. The molecule has 1 aliphatic rings. The highest BCUT2D eigenvalue weighted by Crippen LogP contribution is 2.45. The second kappa shape index (κ2) is 7.35. The number of benzene rings is 3. The van der Waals surface area contributed by atoms with Gasteiger partial charge in [-0.1, -0.05) is 72.8 Å². The molecule has 0 saturated carbocycles. The van der Waals surface area contributed by atoms with E-state index in [0.717, 1.165) is 24.9 Å². The van der Waals surface area contributed by atoms with Crippen molar-refractivity contribution in [3.63, 3.8) is 0 Å². The van der Waals surface area contributed by atoms with E-state index < -0.39 is 0 Å². The Balaban J connectivity index is 1.85. The van der Waals surface area contributed by atoms with Crippen LogP contribution in [-0.4, -0.2) is 0 Å². The number of nitrogen functional groups attached to an aromatic ring is 1. The Hall–Kier alpha value is -2.58. The smallest absolute Gasteiger partial charge is 0.0525 e. The minimum absolute atomic E-state index is 0.0687. The van der Waals surface area contributed by atoms with Crippen LogP contribution in [0, 0.1) is 0 Å². The zero-order valence-electron chi connectivity index (χ0n) is 15.1. The van der Waals surface area contributed by atoms with E-state index >= 15 is 0 Å². The number of fused-ring (bicyclic) bond motifs is 1. The van der Waals surface area contributed by atoms with Crippen molar-refractivity contribution in [2.75, 3.05) is 5.43 Å². The van der Waals surface area contributed by atoms with Gasteiger partial charge in [0.1, 0.15) is 0 Å². The van der Waals surface area contributed by atoms with Crippen LogP contribution >= 0.6 is 0 Å². The van der Waals surface area contributed by atoms with Crippen molar-refractivity contribution in [3.05, 3.63) is 101 Å². The average Bonchev–Trinajstić information content (AvgIpc) is 2.69. The Labute approximate surface area is 156 Å². The molecule has 2 heteroatoms. The van der Waals surface area contributed by atoms with E-state index in [1.165, 1.54) is 35.1 Å². The monoisotopic (exact) mass is 342 g/mol. The van der Waals surface area contributed by atoms with Crippen LogP contribution in [0.5, 0.6) is 0 Å². The van der Waals surface area contributed by atoms with Crippen molar-refractivity contribution in [3.8, 4) is 0 Å². The van der Waals surface area contributed by atoms with E-state index in [1.807, 2.05) is 0 Å². The largest absolute Gasteiger partial charge is 0.324 e. The van der Waals surface area contributed by atoms with Gasteiger partial charge in [0.2, 0.25) is 0 Å². The molecule has 2 nitrogen and oxygen atoms in total. The number of hydrazine groups is 1. The molecular formula is C24H26N2. The zero-order chi connectivity index (χ0) is 17.8. The average molecular weight is 342 g/mol. The molecule has 0 radical (unpaired) electrons. The molecule has 0 bridgehead atoms. The first-order valence-electron chi connectivity index (χ1n) is 9.48. The summed E-state index contributed by atoms with van der Waals surface area (Å²) >= 11 is 0. The maximum absolute atomic E-state index is 5.93. The van der Waals surface area contributed by atoms with Crippen LogP contribution in [0.2, 0.25) is 0 Å². The fourth-order valence-corrected chi connectivity index (χ4v) is 4.69. The summed E-state index contributed by atoms with van der Waals surface area (Å²) in [4.78, 5) is 0. The lowest BCUT2D eigenvalue weighted by atomic mass is 9.63. The van der Waals surface area contributed by atoms with Crippen LogP contribution in [0.4, 0.5) is 5.69 Å². The molecule has 3 N–H and O–H groups in total. The van der Waals surface area contributed by atoms with Gasteiger partial charge < -0.3 is 5.43 Å². The molecular weight excluding hydrogens is 316 g/mol. The molecule has 0 spiro atoms. The number of anilines is 1. The molecule has 4 rings (SSSR count). The highest BCUT2D eigenvalue weighted by atomic mass is 15.2. The molecule has 0 aromatic heterocycles. The summed E-state index contributed by atoms with van der Waals surface area (Å²) < 4.78 is 0. The summed E-state index contributed by atoms with van der Waals surface area (Å²) in [6, 6.07) is 28.3. The Bertz CT molecular complexity index is 800. The topological polar surface area (TPSA) is 38.0 Å². The molecule has 26 heavy (non-hydrogen) atoms. The lowest BCUT2D eigenvalue weighted by Gasteiger charge is -2.41. The van der Waals surface area contributed by atoms with E-state index in [1.54, 1.807) is 0 Å². The second-order valence-corrected chi connectivity index (χ2v) is 7.44. The van der Waals surface area contributed by atoms with Gasteiger partial charge in [-0.05, 0) is 60.4 Å². The van der Waals surface area contributed by atoms with Crippen LogP contribution in [0.15, 0.2) is 78.9 Å². The summed E-state index contributed by atoms with van der Waals surface area (Å²) in [6.07, 6.45) is 5.61. The van der Waals surface area contributed by atoms with Crippen LogP contribution in [0.25, 0.3) is 0 Å². The number of hydrogen-bond acceptors (Lipinski definition) is 2. The summed E-state index contributed by atoms with van der Waals surface area (Å²) in [7, 11) is 0. The molecule has 0 unspecified atom stereocenters. The highest BCUT2D eigenvalue weighted by Gasteiger charge is 2.38. The van der Waals surface area contributed by atoms with Crippen molar-refractivity contribution in [2.24, 2.45) is 5.84 Å². The SMILES string of the molecule is NNc1cccc2c1C(Cc1ccccc1)(Cc1ccccc1)CCC2. The Kier molecular flexibility index (Phi) is 4.77. The first-order chi connectivity index (χ1) is 12.8. The van der Waals surface area contributed by atoms with Crippen molar-refractivity contribution in [2.45, 2.75) is 37.5 Å². The molecule has 3 aromatic carbocycles. The van der Waals surface area contributed by atoms with E-state index in [2.05, 4.69) is 84.3 Å². The van der Waals surface area contributed by atoms with E-state index in [0.29, 0.717) is 0 Å². The van der Waals surface area contributed by atoms with Gasteiger partial charge in [0, 0.05) is 5.41 Å². The molecule has 0 atom stereocenters. The van der Waals surface area contributed by atoms with Gasteiger partial charge in [-0.15, -0.1) is 0 Å². The van der Waals surface area contributed by atoms with Crippen molar-refractivity contribution < 1.29 is 0 Å². The van der Waals surface area contributed by atoms with Gasteiger partial charge in [0.25, 0.3) is 0 Å². The van der Waals surface area contributed by atoms with Crippen molar-refractivity contribution >= 4 is 5.69 Å². The molecule has 0 saturated heterocycles. The fourth-order valence-electron chi connectivity index (χ4n) is 4.69. The summed E-state index contributed by atoms with van der Waals surface area (Å²) in [6.45, 7) is 0. The zero-order valence-corrected chi connectivity index (χ0v) is 15.1. The van der Waals surface area contributed by atoms with E-state index in [-0.39, 0.29) is 5.41 Å². The lowest BCUT2D eigenvalue weighted by Crippen LogP contribution is -2.37. The van der Waals surface area contributed by atoms with Gasteiger partial charge in [-0.25, -0.2) is 0 Å². The van der Waals surface area contributed by atoms with Gasteiger partial charge in [0.15, 0.2) is 0 Å². The van der Waals surface area contributed by atoms with Gasteiger partial charge in [-0.2, -0.15) is 0 Å². The van der Waals surface area contributed by atoms with Crippen molar-refractivity contribution in [1.82, 2.24) is 0 Å². The molecule has 0 amide bonds. The third-order valence-electron chi connectivity index (χ3n) is 5.71. The molecule has 1 aliphatic carbocycles. The van der Waals surface area contributed by atoms with E-state index in [4.69, 9.17) is 5.84 Å². The Morgan fingerprint density at radius 1 is 0.769 bits per heavy atom. The third-order valence-corrected chi connectivity index (χ3v) is 5.71.